The standard InChI is InChI=1S/C28H40N2O2/c1-6-7-17-26-18-10-12-20-30(26)19-11-8-9-13-21-32-27(31)29-28(4,5)25-16-14-15-24(22-25)23(2)3/h10,12,14-16,18,20,22H,2,6-9,11,13,17,19,21H2,1,3-5H3/p+1. The van der Waals surface area contributed by atoms with Gasteiger partial charge in [-0.3, -0.25) is 0 Å². The Kier molecular flexibility index (Phi) is 10.5. The van der Waals surface area contributed by atoms with Crippen molar-refractivity contribution in [3.8, 4) is 0 Å². The van der Waals surface area contributed by atoms with Gasteiger partial charge in [-0.1, -0.05) is 49.8 Å². The third-order valence-corrected chi connectivity index (χ3v) is 5.84. The summed E-state index contributed by atoms with van der Waals surface area (Å²) >= 11 is 0. The Bertz CT molecular complexity index is 873. The summed E-state index contributed by atoms with van der Waals surface area (Å²) in [6.45, 7) is 13.7. The van der Waals surface area contributed by atoms with Crippen molar-refractivity contribution < 1.29 is 14.1 Å². The van der Waals surface area contributed by atoms with E-state index in [9.17, 15) is 4.79 Å². The van der Waals surface area contributed by atoms with Gasteiger partial charge >= 0.3 is 6.09 Å². The van der Waals surface area contributed by atoms with Gasteiger partial charge in [0.15, 0.2) is 11.9 Å². The van der Waals surface area contributed by atoms with Crippen molar-refractivity contribution in [2.75, 3.05) is 6.61 Å². The first kappa shape index (κ1) is 25.6. The molecule has 0 aliphatic rings. The van der Waals surface area contributed by atoms with E-state index in [0.29, 0.717) is 6.61 Å². The molecule has 32 heavy (non-hydrogen) atoms. The van der Waals surface area contributed by atoms with E-state index in [0.717, 1.165) is 55.3 Å². The van der Waals surface area contributed by atoms with Crippen LogP contribution in [0, 0.1) is 0 Å². The summed E-state index contributed by atoms with van der Waals surface area (Å²) in [6, 6.07) is 14.6. The highest BCUT2D eigenvalue weighted by Gasteiger charge is 2.24. The number of hydrogen-bond acceptors (Lipinski definition) is 2. The van der Waals surface area contributed by atoms with Crippen molar-refractivity contribution in [3.05, 3.63) is 72.1 Å². The van der Waals surface area contributed by atoms with Crippen LogP contribution in [0.2, 0.25) is 0 Å². The number of aryl methyl sites for hydroxylation is 2. The number of rotatable bonds is 13. The summed E-state index contributed by atoms with van der Waals surface area (Å²) < 4.78 is 7.81. The summed E-state index contributed by atoms with van der Waals surface area (Å²) in [4.78, 5) is 12.3. The molecule has 0 saturated carbocycles. The van der Waals surface area contributed by atoms with Crippen LogP contribution in [0.1, 0.15) is 83.0 Å². The first-order chi connectivity index (χ1) is 15.3. The predicted molar refractivity (Wildman–Crippen MR) is 132 cm³/mol. The number of nitrogens with zero attached hydrogens (tertiary/aromatic N) is 1. The monoisotopic (exact) mass is 437 g/mol. The largest absolute Gasteiger partial charge is 0.450 e. The number of alkyl carbamates (subject to hydrolysis) is 1. The number of hydrogen-bond donors (Lipinski definition) is 1. The van der Waals surface area contributed by atoms with Crippen LogP contribution in [-0.4, -0.2) is 12.7 Å². The van der Waals surface area contributed by atoms with Crippen LogP contribution in [-0.2, 0) is 23.2 Å². The number of carbonyl (C=O) groups is 1. The first-order valence-corrected chi connectivity index (χ1v) is 12.0. The predicted octanol–water partition coefficient (Wildman–Crippen LogP) is 6.57. The Balaban J connectivity index is 1.66. The van der Waals surface area contributed by atoms with Gasteiger partial charge < -0.3 is 10.1 Å². The molecular weight excluding hydrogens is 396 g/mol. The molecule has 1 amide bonds. The first-order valence-electron chi connectivity index (χ1n) is 12.0. The lowest BCUT2D eigenvalue weighted by Crippen LogP contribution is -2.41. The van der Waals surface area contributed by atoms with Crippen LogP contribution in [0.3, 0.4) is 0 Å². The molecule has 0 aliphatic carbocycles. The molecule has 0 unspecified atom stereocenters. The van der Waals surface area contributed by atoms with Gasteiger partial charge in [-0.2, -0.15) is 0 Å². The van der Waals surface area contributed by atoms with E-state index in [1.165, 1.54) is 18.5 Å². The molecule has 1 N–H and O–H groups in total. The maximum atomic E-state index is 12.3. The molecule has 1 aromatic heterocycles. The number of pyridine rings is 1. The fourth-order valence-electron chi connectivity index (χ4n) is 3.75. The number of allylic oxidation sites excluding steroid dienone is 1. The molecule has 1 heterocycles. The lowest BCUT2D eigenvalue weighted by molar-refractivity contribution is -0.704. The fourth-order valence-corrected chi connectivity index (χ4v) is 3.75. The number of amides is 1. The molecular formula is C28H41N2O2+. The molecule has 4 nitrogen and oxygen atoms in total. The van der Waals surface area contributed by atoms with Crippen LogP contribution in [0.4, 0.5) is 4.79 Å². The highest BCUT2D eigenvalue weighted by atomic mass is 16.5. The van der Waals surface area contributed by atoms with E-state index in [1.54, 1.807) is 0 Å². The molecule has 0 aliphatic heterocycles. The molecule has 174 valence electrons. The minimum atomic E-state index is -0.509. The van der Waals surface area contributed by atoms with E-state index in [-0.39, 0.29) is 6.09 Å². The zero-order valence-electron chi connectivity index (χ0n) is 20.5. The van der Waals surface area contributed by atoms with Gasteiger partial charge in [-0.25, -0.2) is 9.36 Å². The van der Waals surface area contributed by atoms with Gasteiger partial charge in [0.05, 0.1) is 12.1 Å². The van der Waals surface area contributed by atoms with Crippen LogP contribution in [0.5, 0.6) is 0 Å². The molecule has 0 spiro atoms. The third kappa shape index (κ3) is 8.49. The fraction of sp³-hybridized carbons (Fsp3) is 0.500. The second-order valence-electron chi connectivity index (χ2n) is 9.15. The van der Waals surface area contributed by atoms with E-state index in [4.69, 9.17) is 4.74 Å². The average Bonchev–Trinajstić information content (AvgIpc) is 2.77. The second kappa shape index (κ2) is 13.0. The normalized spacial score (nSPS) is 11.2. The highest BCUT2D eigenvalue weighted by Crippen LogP contribution is 2.23. The maximum Gasteiger partial charge on any atom is 0.407 e. The topological polar surface area (TPSA) is 42.2 Å². The van der Waals surface area contributed by atoms with Crippen LogP contribution in [0.15, 0.2) is 55.2 Å². The minimum absolute atomic E-state index is 0.365. The Morgan fingerprint density at radius 2 is 1.84 bits per heavy atom. The van der Waals surface area contributed by atoms with E-state index in [1.807, 2.05) is 39.0 Å². The lowest BCUT2D eigenvalue weighted by Gasteiger charge is -2.27. The minimum Gasteiger partial charge on any atom is -0.450 e. The summed E-state index contributed by atoms with van der Waals surface area (Å²) in [5.41, 5.74) is 4.03. The molecule has 0 saturated heterocycles. The number of benzene rings is 1. The quantitative estimate of drug-likeness (QED) is 0.284. The SMILES string of the molecule is C=C(C)c1cccc(C(C)(C)NC(=O)OCCCCCC[n+]2ccccc2CCCC)c1. The van der Waals surface area contributed by atoms with Crippen molar-refractivity contribution in [1.29, 1.82) is 0 Å². The Morgan fingerprint density at radius 1 is 1.06 bits per heavy atom. The Hall–Kier alpha value is -2.62. The number of aromatic nitrogens is 1. The van der Waals surface area contributed by atoms with Crippen LogP contribution < -0.4 is 9.88 Å². The van der Waals surface area contributed by atoms with E-state index >= 15 is 0 Å². The van der Waals surface area contributed by atoms with Gasteiger partial charge in [-0.15, -0.1) is 0 Å². The van der Waals surface area contributed by atoms with Crippen molar-refractivity contribution in [2.45, 2.75) is 84.7 Å². The molecule has 1 aromatic carbocycles. The average molecular weight is 438 g/mol. The molecule has 0 bridgehead atoms. The third-order valence-electron chi connectivity index (χ3n) is 5.84. The van der Waals surface area contributed by atoms with Gasteiger partial charge in [0, 0.05) is 25.0 Å². The number of carbonyl (C=O) groups excluding carboxylic acids is 1. The summed E-state index contributed by atoms with van der Waals surface area (Å²) in [5.74, 6) is 0. The van der Waals surface area contributed by atoms with Crippen LogP contribution in [0.25, 0.3) is 5.57 Å². The van der Waals surface area contributed by atoms with E-state index < -0.39 is 5.54 Å². The van der Waals surface area contributed by atoms with Gasteiger partial charge in [0.1, 0.15) is 6.54 Å². The van der Waals surface area contributed by atoms with Crippen molar-refractivity contribution in [1.82, 2.24) is 5.32 Å². The zero-order valence-corrected chi connectivity index (χ0v) is 20.5. The van der Waals surface area contributed by atoms with Gasteiger partial charge in [-0.05, 0) is 63.6 Å². The van der Waals surface area contributed by atoms with Gasteiger partial charge in [0.25, 0.3) is 0 Å². The Morgan fingerprint density at radius 3 is 2.59 bits per heavy atom. The molecule has 2 aromatic rings. The smallest absolute Gasteiger partial charge is 0.407 e. The molecule has 2 rings (SSSR count). The summed E-state index contributed by atoms with van der Waals surface area (Å²) in [6.07, 6.45) is 9.67. The number of nitrogens with one attached hydrogen (secondary N) is 1. The second-order valence-corrected chi connectivity index (χ2v) is 9.15. The van der Waals surface area contributed by atoms with Crippen molar-refractivity contribution in [3.63, 3.8) is 0 Å². The lowest BCUT2D eigenvalue weighted by atomic mass is 9.92. The number of ether oxygens (including phenoxy) is 1. The van der Waals surface area contributed by atoms with E-state index in [2.05, 4.69) is 53.8 Å². The zero-order chi connectivity index (χ0) is 23.4. The molecule has 0 radical (unpaired) electrons. The summed E-state index contributed by atoms with van der Waals surface area (Å²) in [7, 11) is 0. The Labute approximate surface area is 194 Å². The summed E-state index contributed by atoms with van der Waals surface area (Å²) in [5, 5.41) is 2.99. The molecule has 0 fully saturated rings. The van der Waals surface area contributed by atoms with Crippen molar-refractivity contribution >= 4 is 11.7 Å². The van der Waals surface area contributed by atoms with Gasteiger partial charge in [0.2, 0.25) is 0 Å². The highest BCUT2D eigenvalue weighted by molar-refractivity contribution is 5.69. The molecule has 0 atom stereocenters. The molecule has 4 heteroatoms. The van der Waals surface area contributed by atoms with Crippen LogP contribution >= 0.6 is 0 Å². The van der Waals surface area contributed by atoms with Crippen molar-refractivity contribution in [2.24, 2.45) is 0 Å². The number of unbranched alkanes of at least 4 members (excludes halogenated alkanes) is 4. The maximum absolute atomic E-state index is 12.3.